The number of amides is 1. The number of carbonyl (C=O) groups is 1. The number of nitrogens with one attached hydrogen (secondary N) is 1. The summed E-state index contributed by atoms with van der Waals surface area (Å²) in [5, 5.41) is 0. The normalized spacial score (nSPS) is 13.4. The Kier molecular flexibility index (Phi) is 15.5. The van der Waals surface area contributed by atoms with Gasteiger partial charge in [0.05, 0.1) is 6.61 Å². The van der Waals surface area contributed by atoms with Gasteiger partial charge in [-0.25, -0.2) is 5.48 Å². The van der Waals surface area contributed by atoms with Crippen molar-refractivity contribution in [2.75, 3.05) is 12.8 Å². The molecule has 0 aromatic carbocycles. The van der Waals surface area contributed by atoms with E-state index in [1.807, 2.05) is 13.0 Å². The molecule has 6 heteroatoms. The van der Waals surface area contributed by atoms with Crippen LogP contribution in [0, 0.1) is 0 Å². The predicted octanol–water partition coefficient (Wildman–Crippen LogP) is 5.91. The molecule has 0 saturated heterocycles. The van der Waals surface area contributed by atoms with Gasteiger partial charge in [0.15, 0.2) is 0 Å². The number of hydrogen-bond donors (Lipinski definition) is 2. The van der Waals surface area contributed by atoms with Crippen LogP contribution in [-0.4, -0.2) is 23.6 Å². The SMILES string of the molecule is CC(C)=CCC/C(C)=C/CC/C(C)=C/CC/C(C)=C/CONC(=O)C[P+](=O)O. The lowest BCUT2D eigenvalue weighted by molar-refractivity contribution is -0.129. The summed E-state index contributed by atoms with van der Waals surface area (Å²) in [6, 6.07) is 0. The average Bonchev–Trinajstić information content (AvgIpc) is 2.57. The van der Waals surface area contributed by atoms with Crippen molar-refractivity contribution in [3.05, 3.63) is 46.6 Å². The second kappa shape index (κ2) is 16.4. The Morgan fingerprint density at radius 3 is 1.79 bits per heavy atom. The van der Waals surface area contributed by atoms with Crippen LogP contribution in [0.4, 0.5) is 0 Å². The molecule has 0 aromatic heterocycles. The fourth-order valence-electron chi connectivity index (χ4n) is 2.45. The third-order valence-corrected chi connectivity index (χ3v) is 4.69. The minimum Gasteiger partial charge on any atom is -0.269 e. The van der Waals surface area contributed by atoms with Crippen molar-refractivity contribution in [3.63, 3.8) is 0 Å². The largest absolute Gasteiger partial charge is 0.515 e. The maximum absolute atomic E-state index is 11.1. The fourth-order valence-corrected chi connectivity index (χ4v) is 2.76. The lowest BCUT2D eigenvalue weighted by atomic mass is 10.0. The summed E-state index contributed by atoms with van der Waals surface area (Å²) >= 11 is 0. The highest BCUT2D eigenvalue weighted by Gasteiger charge is 2.17. The maximum Gasteiger partial charge on any atom is 0.515 e. The van der Waals surface area contributed by atoms with E-state index in [4.69, 9.17) is 9.73 Å². The molecule has 5 nitrogen and oxygen atoms in total. The third kappa shape index (κ3) is 17.8. The third-order valence-electron chi connectivity index (χ3n) is 4.13. The first-order chi connectivity index (χ1) is 13.2. The van der Waals surface area contributed by atoms with Gasteiger partial charge in [-0.1, -0.05) is 46.6 Å². The quantitative estimate of drug-likeness (QED) is 0.161. The number of allylic oxidation sites excluding steroid dienone is 7. The van der Waals surface area contributed by atoms with Gasteiger partial charge in [0, 0.05) is 0 Å². The molecule has 0 aliphatic heterocycles. The summed E-state index contributed by atoms with van der Waals surface area (Å²) in [7, 11) is -2.47. The van der Waals surface area contributed by atoms with E-state index in [0.717, 1.165) is 38.5 Å². The van der Waals surface area contributed by atoms with Crippen LogP contribution in [0.2, 0.25) is 0 Å². The van der Waals surface area contributed by atoms with Gasteiger partial charge in [0.2, 0.25) is 0 Å². The minimum atomic E-state index is -2.47. The molecule has 0 fully saturated rings. The van der Waals surface area contributed by atoms with Crippen LogP contribution in [0.25, 0.3) is 0 Å². The molecule has 0 aliphatic rings. The van der Waals surface area contributed by atoms with Crippen LogP contribution in [0.5, 0.6) is 0 Å². The first kappa shape index (κ1) is 26.4. The van der Waals surface area contributed by atoms with Gasteiger partial charge in [-0.05, 0) is 77.7 Å². The maximum atomic E-state index is 11.1. The summed E-state index contributed by atoms with van der Waals surface area (Å²) in [6.45, 7) is 10.9. The van der Waals surface area contributed by atoms with Crippen molar-refractivity contribution in [2.24, 2.45) is 0 Å². The molecule has 0 spiro atoms. The summed E-state index contributed by atoms with van der Waals surface area (Å²) < 4.78 is 10.5. The van der Waals surface area contributed by atoms with Crippen molar-refractivity contribution >= 4 is 13.9 Å². The van der Waals surface area contributed by atoms with E-state index in [0.29, 0.717) is 0 Å². The molecule has 1 amide bonds. The van der Waals surface area contributed by atoms with E-state index in [1.165, 1.54) is 22.3 Å². The predicted molar refractivity (Wildman–Crippen MR) is 117 cm³/mol. The van der Waals surface area contributed by atoms with Crippen LogP contribution in [0.1, 0.15) is 73.1 Å². The molecule has 0 bridgehead atoms. The lowest BCUT2D eigenvalue weighted by Crippen LogP contribution is -2.25. The Bertz CT molecular complexity index is 614. The first-order valence-corrected chi connectivity index (χ1v) is 11.2. The van der Waals surface area contributed by atoms with E-state index in [9.17, 15) is 9.36 Å². The van der Waals surface area contributed by atoms with E-state index < -0.39 is 20.1 Å². The summed E-state index contributed by atoms with van der Waals surface area (Å²) in [6.07, 6.45) is 14.7. The van der Waals surface area contributed by atoms with Gasteiger partial charge in [-0.3, -0.25) is 9.63 Å². The van der Waals surface area contributed by atoms with Crippen LogP contribution >= 0.6 is 8.03 Å². The Morgan fingerprint density at radius 2 is 1.32 bits per heavy atom. The van der Waals surface area contributed by atoms with Gasteiger partial charge in [0.1, 0.15) is 0 Å². The molecule has 2 N–H and O–H groups in total. The molecule has 0 saturated carbocycles. The zero-order chi connectivity index (χ0) is 21.4. The number of rotatable bonds is 14. The van der Waals surface area contributed by atoms with Crippen molar-refractivity contribution in [1.29, 1.82) is 0 Å². The summed E-state index contributed by atoms with van der Waals surface area (Å²) in [5.41, 5.74) is 7.58. The Balaban J connectivity index is 3.98. The van der Waals surface area contributed by atoms with Crippen molar-refractivity contribution in [1.82, 2.24) is 5.48 Å². The first-order valence-electron chi connectivity index (χ1n) is 9.85. The number of hydroxylamine groups is 1. The van der Waals surface area contributed by atoms with Crippen LogP contribution < -0.4 is 5.48 Å². The van der Waals surface area contributed by atoms with Crippen LogP contribution in [0.3, 0.4) is 0 Å². The Labute approximate surface area is 171 Å². The van der Waals surface area contributed by atoms with Gasteiger partial charge >= 0.3 is 8.03 Å². The number of hydrogen-bond acceptors (Lipinski definition) is 3. The standard InChI is InChI=1S/C22H36NO4P/c1-18(2)9-6-10-19(3)11-7-12-20(4)13-8-14-21(5)15-16-27-23-22(24)17-28(25)26/h9,11,13,15H,6-8,10,12,14,16-17H2,1-5H3,(H-,23,24,25,26)/p+1/b19-11+,20-13+,21-15+. The highest BCUT2D eigenvalue weighted by Crippen LogP contribution is 2.13. The molecule has 0 heterocycles. The van der Waals surface area contributed by atoms with E-state index in [1.54, 1.807) is 0 Å². The van der Waals surface area contributed by atoms with Crippen molar-refractivity contribution in [3.8, 4) is 0 Å². The Morgan fingerprint density at radius 1 is 0.857 bits per heavy atom. The van der Waals surface area contributed by atoms with Gasteiger partial charge < -0.3 is 0 Å². The second-order valence-electron chi connectivity index (χ2n) is 7.40. The molecular formula is C22H37NO4P+. The molecule has 158 valence electrons. The Hall–Kier alpha value is -1.55. The second-order valence-corrected chi connectivity index (χ2v) is 8.42. The topological polar surface area (TPSA) is 75.6 Å². The van der Waals surface area contributed by atoms with Gasteiger partial charge in [-0.2, -0.15) is 4.89 Å². The zero-order valence-corrected chi connectivity index (χ0v) is 19.0. The van der Waals surface area contributed by atoms with Crippen LogP contribution in [-0.2, 0) is 14.2 Å². The molecule has 1 atom stereocenters. The van der Waals surface area contributed by atoms with E-state index >= 15 is 0 Å². The molecule has 0 aromatic rings. The van der Waals surface area contributed by atoms with Crippen molar-refractivity contribution in [2.45, 2.75) is 73.1 Å². The molecule has 28 heavy (non-hydrogen) atoms. The number of carbonyl (C=O) groups excluding carboxylic acids is 1. The smallest absolute Gasteiger partial charge is 0.269 e. The van der Waals surface area contributed by atoms with E-state index in [-0.39, 0.29) is 6.61 Å². The molecular weight excluding hydrogens is 373 g/mol. The molecule has 0 rings (SSSR count). The fraction of sp³-hybridized carbons (Fsp3) is 0.591. The van der Waals surface area contributed by atoms with Gasteiger partial charge in [-0.15, -0.1) is 0 Å². The average molecular weight is 411 g/mol. The summed E-state index contributed by atoms with van der Waals surface area (Å²) in [4.78, 5) is 24.7. The molecule has 0 aliphatic carbocycles. The van der Waals surface area contributed by atoms with Gasteiger partial charge in [0.25, 0.3) is 12.1 Å². The van der Waals surface area contributed by atoms with E-state index in [2.05, 4.69) is 51.4 Å². The monoisotopic (exact) mass is 410 g/mol. The highest BCUT2D eigenvalue weighted by atomic mass is 31.1. The lowest BCUT2D eigenvalue weighted by Gasteiger charge is -2.03. The zero-order valence-electron chi connectivity index (χ0n) is 18.1. The minimum absolute atomic E-state index is 0.249. The van der Waals surface area contributed by atoms with Crippen molar-refractivity contribution < 1.29 is 19.1 Å². The molecule has 1 unspecified atom stereocenters. The van der Waals surface area contributed by atoms with Crippen LogP contribution in [0.15, 0.2) is 46.6 Å². The summed E-state index contributed by atoms with van der Waals surface area (Å²) in [5.74, 6) is -0.588. The molecule has 0 radical (unpaired) electrons. The highest BCUT2D eigenvalue weighted by molar-refractivity contribution is 7.39.